The molecule has 2 heterocycles. The van der Waals surface area contributed by atoms with E-state index in [0.29, 0.717) is 11.1 Å². The minimum absolute atomic E-state index is 0.550. The van der Waals surface area contributed by atoms with E-state index in [1.54, 1.807) is 6.20 Å². The minimum Gasteiger partial charge on any atom is -0.411 e. The van der Waals surface area contributed by atoms with Crippen molar-refractivity contribution in [1.29, 1.82) is 0 Å². The zero-order valence-corrected chi connectivity index (χ0v) is 10.9. The highest BCUT2D eigenvalue weighted by atomic mass is 32.2. The lowest BCUT2D eigenvalue weighted by Crippen LogP contribution is -1.81. The Kier molecular flexibility index (Phi) is 3.56. The van der Waals surface area contributed by atoms with Crippen LogP contribution in [0.2, 0.25) is 0 Å². The van der Waals surface area contributed by atoms with Gasteiger partial charge < -0.3 is 4.42 Å². The number of benzene rings is 1. The van der Waals surface area contributed by atoms with Crippen molar-refractivity contribution in [3.63, 3.8) is 0 Å². The molecule has 0 aliphatic heterocycles. The van der Waals surface area contributed by atoms with E-state index in [4.69, 9.17) is 4.42 Å². The monoisotopic (exact) mass is 269 g/mol. The van der Waals surface area contributed by atoms with Crippen LogP contribution in [0.4, 0.5) is 0 Å². The molecule has 19 heavy (non-hydrogen) atoms. The molecule has 3 rings (SSSR count). The summed E-state index contributed by atoms with van der Waals surface area (Å²) in [5, 5.41) is 8.65. The van der Waals surface area contributed by atoms with Gasteiger partial charge in [-0.15, -0.1) is 10.2 Å². The first-order chi connectivity index (χ1) is 9.42. The fourth-order valence-electron chi connectivity index (χ4n) is 1.59. The van der Waals surface area contributed by atoms with Gasteiger partial charge in [0.1, 0.15) is 0 Å². The molecular formula is C14H11N3OS. The van der Waals surface area contributed by atoms with Gasteiger partial charge in [0.2, 0.25) is 5.89 Å². The highest BCUT2D eigenvalue weighted by molar-refractivity contribution is 7.98. The Morgan fingerprint density at radius 1 is 1.00 bits per heavy atom. The van der Waals surface area contributed by atoms with Crippen LogP contribution in [0, 0.1) is 0 Å². The molecule has 0 aliphatic carbocycles. The van der Waals surface area contributed by atoms with Crippen LogP contribution < -0.4 is 0 Å². The molecule has 4 nitrogen and oxygen atoms in total. The minimum atomic E-state index is 0.550. The second kappa shape index (κ2) is 5.67. The molecular weight excluding hydrogens is 258 g/mol. The van der Waals surface area contributed by atoms with Crippen molar-refractivity contribution in [3.8, 4) is 11.5 Å². The first kappa shape index (κ1) is 11.9. The number of rotatable bonds is 4. The van der Waals surface area contributed by atoms with Crippen LogP contribution >= 0.6 is 11.8 Å². The average molecular weight is 269 g/mol. The van der Waals surface area contributed by atoms with Gasteiger partial charge in [-0.1, -0.05) is 36.0 Å². The topological polar surface area (TPSA) is 51.8 Å². The van der Waals surface area contributed by atoms with E-state index in [2.05, 4.69) is 15.2 Å². The molecule has 0 spiro atoms. The summed E-state index contributed by atoms with van der Waals surface area (Å²) in [6.07, 6.45) is 3.59. The van der Waals surface area contributed by atoms with Crippen LogP contribution in [0.25, 0.3) is 11.5 Å². The molecule has 2 aromatic heterocycles. The molecule has 0 unspecified atom stereocenters. The Balaban J connectivity index is 1.69. The van der Waals surface area contributed by atoms with Gasteiger partial charge in [0.25, 0.3) is 5.22 Å². The molecule has 3 aromatic rings. The van der Waals surface area contributed by atoms with Crippen molar-refractivity contribution in [1.82, 2.24) is 15.2 Å². The van der Waals surface area contributed by atoms with E-state index < -0.39 is 0 Å². The molecule has 0 aliphatic rings. The van der Waals surface area contributed by atoms with Gasteiger partial charge in [-0.2, -0.15) is 0 Å². The van der Waals surface area contributed by atoms with Crippen molar-refractivity contribution in [3.05, 3.63) is 60.4 Å². The molecule has 0 atom stereocenters. The van der Waals surface area contributed by atoms with Crippen molar-refractivity contribution in [2.45, 2.75) is 11.0 Å². The first-order valence-corrected chi connectivity index (χ1v) is 6.81. The summed E-state index contributed by atoms with van der Waals surface area (Å²) >= 11 is 1.51. The second-order valence-electron chi connectivity index (χ2n) is 3.89. The molecule has 0 N–H and O–H groups in total. The Morgan fingerprint density at radius 3 is 2.68 bits per heavy atom. The Labute approximate surface area is 114 Å². The summed E-state index contributed by atoms with van der Waals surface area (Å²) in [6.45, 7) is 0. The maximum Gasteiger partial charge on any atom is 0.277 e. The lowest BCUT2D eigenvalue weighted by molar-refractivity contribution is 0.466. The van der Waals surface area contributed by atoms with E-state index >= 15 is 0 Å². The van der Waals surface area contributed by atoms with Crippen molar-refractivity contribution in [2.24, 2.45) is 0 Å². The van der Waals surface area contributed by atoms with Crippen molar-refractivity contribution in [2.75, 3.05) is 0 Å². The summed E-state index contributed by atoms with van der Waals surface area (Å²) in [5.41, 5.74) is 2.06. The number of aromatic nitrogens is 3. The van der Waals surface area contributed by atoms with Crippen molar-refractivity contribution < 1.29 is 4.42 Å². The summed E-state index contributed by atoms with van der Waals surface area (Å²) < 4.78 is 5.61. The van der Waals surface area contributed by atoms with Crippen LogP contribution in [0.5, 0.6) is 0 Å². The fraction of sp³-hybridized carbons (Fsp3) is 0.0714. The average Bonchev–Trinajstić information content (AvgIpc) is 2.96. The quantitative estimate of drug-likeness (QED) is 0.679. The summed E-state index contributed by atoms with van der Waals surface area (Å²) in [6, 6.07) is 13.7. The molecule has 1 aromatic carbocycles. The third kappa shape index (κ3) is 3.00. The maximum absolute atomic E-state index is 5.61. The largest absolute Gasteiger partial charge is 0.411 e. The molecule has 5 heteroatoms. The third-order valence-corrected chi connectivity index (χ3v) is 3.40. The number of thioether (sulfide) groups is 1. The molecule has 0 bridgehead atoms. The number of hydrogen-bond donors (Lipinski definition) is 0. The summed E-state index contributed by atoms with van der Waals surface area (Å²) in [4.78, 5) is 4.07. The third-order valence-electron chi connectivity index (χ3n) is 2.51. The smallest absolute Gasteiger partial charge is 0.277 e. The van der Waals surface area contributed by atoms with E-state index in [-0.39, 0.29) is 0 Å². The summed E-state index contributed by atoms with van der Waals surface area (Å²) in [7, 11) is 0. The highest BCUT2D eigenvalue weighted by Crippen LogP contribution is 2.25. The molecule has 0 saturated carbocycles. The zero-order chi connectivity index (χ0) is 12.9. The maximum atomic E-state index is 5.61. The Morgan fingerprint density at radius 2 is 1.89 bits per heavy atom. The molecule has 0 saturated heterocycles. The first-order valence-electron chi connectivity index (χ1n) is 5.82. The van der Waals surface area contributed by atoms with Gasteiger partial charge in [-0.25, -0.2) is 0 Å². The Bertz CT molecular complexity index is 640. The predicted molar refractivity (Wildman–Crippen MR) is 73.5 cm³/mol. The predicted octanol–water partition coefficient (Wildman–Crippen LogP) is 3.42. The van der Waals surface area contributed by atoms with Gasteiger partial charge in [0.05, 0.1) is 0 Å². The molecule has 94 valence electrons. The molecule has 0 fully saturated rings. The van der Waals surface area contributed by atoms with Gasteiger partial charge in [-0.3, -0.25) is 4.98 Å². The normalized spacial score (nSPS) is 10.5. The molecule has 0 amide bonds. The lowest BCUT2D eigenvalue weighted by Gasteiger charge is -1.96. The van der Waals surface area contributed by atoms with E-state index in [1.165, 1.54) is 11.8 Å². The second-order valence-corrected chi connectivity index (χ2v) is 4.82. The number of hydrogen-bond acceptors (Lipinski definition) is 5. The van der Waals surface area contributed by atoms with Crippen LogP contribution in [-0.4, -0.2) is 15.2 Å². The SMILES string of the molecule is c1ccc(-c2nnc(SCc3cccnc3)o2)cc1. The van der Waals surface area contributed by atoms with Gasteiger partial charge in [-0.05, 0) is 23.8 Å². The zero-order valence-electron chi connectivity index (χ0n) is 10.1. The van der Waals surface area contributed by atoms with Crippen LogP contribution in [0.15, 0.2) is 64.5 Å². The molecule has 0 radical (unpaired) electrons. The van der Waals surface area contributed by atoms with Crippen LogP contribution in [0.3, 0.4) is 0 Å². The number of nitrogens with zero attached hydrogens (tertiary/aromatic N) is 3. The summed E-state index contributed by atoms with van der Waals surface area (Å²) in [5.74, 6) is 1.32. The van der Waals surface area contributed by atoms with E-state index in [0.717, 1.165) is 16.9 Å². The standard InChI is InChI=1S/C14H11N3OS/c1-2-6-12(7-3-1)13-16-17-14(18-13)19-10-11-5-4-8-15-9-11/h1-9H,10H2. The van der Waals surface area contributed by atoms with Gasteiger partial charge >= 0.3 is 0 Å². The van der Waals surface area contributed by atoms with Crippen molar-refractivity contribution >= 4 is 11.8 Å². The van der Waals surface area contributed by atoms with E-state index in [1.807, 2.05) is 48.7 Å². The van der Waals surface area contributed by atoms with Crippen LogP contribution in [0.1, 0.15) is 5.56 Å². The van der Waals surface area contributed by atoms with E-state index in [9.17, 15) is 0 Å². The van der Waals surface area contributed by atoms with Crippen LogP contribution in [-0.2, 0) is 5.75 Å². The highest BCUT2D eigenvalue weighted by Gasteiger charge is 2.08. The number of pyridine rings is 1. The lowest BCUT2D eigenvalue weighted by atomic mass is 10.2. The van der Waals surface area contributed by atoms with Gasteiger partial charge in [0, 0.05) is 23.7 Å². The Hall–Kier alpha value is -2.14. The fourth-order valence-corrected chi connectivity index (χ4v) is 2.29. The van der Waals surface area contributed by atoms with Gasteiger partial charge in [0.15, 0.2) is 0 Å².